The Balaban J connectivity index is 0.000000124. The van der Waals surface area contributed by atoms with E-state index in [1.54, 1.807) is 0 Å². The number of ketones is 2. The van der Waals surface area contributed by atoms with Gasteiger partial charge in [0.15, 0.2) is 0 Å². The van der Waals surface area contributed by atoms with Gasteiger partial charge in [0.1, 0.15) is 11.6 Å². The van der Waals surface area contributed by atoms with Crippen LogP contribution in [0, 0.1) is 86.3 Å². The van der Waals surface area contributed by atoms with E-state index in [9.17, 15) is 24.9 Å². The summed E-state index contributed by atoms with van der Waals surface area (Å²) in [7, 11) is 0. The molecule has 0 saturated heterocycles. The van der Waals surface area contributed by atoms with Crippen LogP contribution >= 0.6 is 0 Å². The molecule has 10 fully saturated rings. The Kier molecular flexibility index (Phi) is 11.7. The molecule has 0 radical (unpaired) electrons. The molecule has 10 aliphatic carbocycles. The fourth-order valence-corrected chi connectivity index (χ4v) is 18.1. The lowest BCUT2D eigenvalue weighted by Gasteiger charge is -2.60. The lowest BCUT2D eigenvalue weighted by Crippen LogP contribution is -2.54. The maximum absolute atomic E-state index is 12.4. The van der Waals surface area contributed by atoms with Crippen molar-refractivity contribution >= 4 is 11.6 Å². The highest BCUT2D eigenvalue weighted by atomic mass is 16.3. The Labute approximate surface area is 342 Å². The first-order valence-corrected chi connectivity index (χ1v) is 24.6. The monoisotopic (exact) mass is 777 g/mol. The van der Waals surface area contributed by atoms with Crippen LogP contribution in [0.5, 0.6) is 0 Å². The topological polar surface area (TPSA) is 94.8 Å². The number of hydrogen-bond acceptors (Lipinski definition) is 5. The lowest BCUT2D eigenvalue weighted by atomic mass is 9.44. The predicted molar refractivity (Wildman–Crippen MR) is 225 cm³/mol. The molecular weight excluding hydrogens is 693 g/mol. The summed E-state index contributed by atoms with van der Waals surface area (Å²) in [6.07, 6.45) is 30.0. The van der Waals surface area contributed by atoms with Crippen LogP contribution in [0.15, 0.2) is 0 Å². The Morgan fingerprint density at radius 3 is 1.62 bits per heavy atom. The van der Waals surface area contributed by atoms with Crippen molar-refractivity contribution in [3.05, 3.63) is 0 Å². The molecule has 0 aromatic heterocycles. The molecule has 0 aromatic rings. The fraction of sp³-hybridized carbons (Fsp3) is 0.961. The van der Waals surface area contributed by atoms with Crippen molar-refractivity contribution in [2.45, 2.75) is 220 Å². The van der Waals surface area contributed by atoms with Crippen LogP contribution in [0.2, 0.25) is 0 Å². The molecule has 18 atom stereocenters. The van der Waals surface area contributed by atoms with Crippen molar-refractivity contribution in [1.29, 1.82) is 0 Å². The fourth-order valence-electron chi connectivity index (χ4n) is 18.1. The standard InChI is InChI=1S/C21H34O2.C19H30O2.C11H20O/c1-13(22)17-6-7-18-16-5-4-14-12-15(23)8-10-20(14,2)19(16)9-11-21(17,18)3;1-18-9-7-13(20)11-12(18)3-4-14-15-5-6-17(21)19(15,2)10-8-16(14)18;1-11-6-3-2-4-9(11)8-10(12)5-7-11/h14-19,23H,4-12H2,1-3H3;12-16,20H,3-11H2,1-2H3;9-10,12H,2-8H2,1H3/t14-,15?,16?,17+,18?,19?,20-,21+;12-,13+,14?,15?,16?,18-,19-;9-,10?,11-/m000/s1. The highest BCUT2D eigenvalue weighted by molar-refractivity contribution is 5.87. The molecule has 0 heterocycles. The zero-order valence-electron chi connectivity index (χ0n) is 36.8. The van der Waals surface area contributed by atoms with E-state index in [-0.39, 0.29) is 29.1 Å². The largest absolute Gasteiger partial charge is 0.393 e. The van der Waals surface area contributed by atoms with E-state index in [1.807, 2.05) is 6.92 Å². The molecule has 10 aliphatic rings. The van der Waals surface area contributed by atoms with Gasteiger partial charge in [0.25, 0.3) is 0 Å². The first kappa shape index (κ1) is 41.9. The molecule has 0 aliphatic heterocycles. The molecule has 0 bridgehead atoms. The number of carbonyl (C=O) groups excluding carboxylic acids is 2. The number of fused-ring (bicyclic) bond motifs is 11. The summed E-state index contributed by atoms with van der Waals surface area (Å²) in [5.41, 5.74) is 1.79. The first-order chi connectivity index (χ1) is 26.5. The lowest BCUT2D eigenvalue weighted by molar-refractivity contribution is -0.142. The van der Waals surface area contributed by atoms with Crippen molar-refractivity contribution in [3.8, 4) is 0 Å². The van der Waals surface area contributed by atoms with Crippen molar-refractivity contribution < 1.29 is 24.9 Å². The Morgan fingerprint density at radius 2 is 1.02 bits per heavy atom. The summed E-state index contributed by atoms with van der Waals surface area (Å²) < 4.78 is 0. The van der Waals surface area contributed by atoms with Gasteiger partial charge in [0.05, 0.1) is 18.3 Å². The quantitative estimate of drug-likeness (QED) is 0.246. The third-order valence-electron chi connectivity index (χ3n) is 21.6. The SMILES string of the molecule is CC(=O)[C@H]1CCC2C3CC[C@H]4CC(O)CC[C@]4(C)C3CC[C@@]21C.C[C@@]12CCCC[C@H]1CC(O)CC2.C[C@]12CCC3C(CC[C@H]4C[C@H](O)CC[C@]34C)C1CCC2=O. The molecule has 5 heteroatoms. The number of hydrogen-bond donors (Lipinski definition) is 3. The normalized spacial score (nSPS) is 54.4. The molecule has 0 aromatic carbocycles. The number of carbonyl (C=O) groups is 2. The van der Waals surface area contributed by atoms with Gasteiger partial charge in [-0.3, -0.25) is 9.59 Å². The van der Waals surface area contributed by atoms with Gasteiger partial charge < -0.3 is 15.3 Å². The van der Waals surface area contributed by atoms with Gasteiger partial charge >= 0.3 is 0 Å². The molecule has 56 heavy (non-hydrogen) atoms. The van der Waals surface area contributed by atoms with Crippen LogP contribution in [0.1, 0.15) is 202 Å². The van der Waals surface area contributed by atoms with E-state index in [0.29, 0.717) is 39.6 Å². The minimum Gasteiger partial charge on any atom is -0.393 e. The minimum atomic E-state index is -0.0541. The average molecular weight is 777 g/mol. The van der Waals surface area contributed by atoms with Crippen LogP contribution in [0.3, 0.4) is 0 Å². The van der Waals surface area contributed by atoms with E-state index < -0.39 is 0 Å². The van der Waals surface area contributed by atoms with Crippen LogP contribution < -0.4 is 0 Å². The molecule has 318 valence electrons. The van der Waals surface area contributed by atoms with E-state index in [4.69, 9.17) is 0 Å². The molecule has 8 unspecified atom stereocenters. The summed E-state index contributed by atoms with van der Waals surface area (Å²) >= 11 is 0. The first-order valence-electron chi connectivity index (χ1n) is 24.6. The van der Waals surface area contributed by atoms with Gasteiger partial charge in [-0.05, 0) is 223 Å². The Hall–Kier alpha value is -0.780. The van der Waals surface area contributed by atoms with Crippen molar-refractivity contribution in [2.24, 2.45) is 86.3 Å². The van der Waals surface area contributed by atoms with Gasteiger partial charge in [-0.1, -0.05) is 47.5 Å². The molecule has 0 amide bonds. The molecule has 5 nitrogen and oxygen atoms in total. The second kappa shape index (κ2) is 15.6. The maximum atomic E-state index is 12.4. The zero-order chi connectivity index (χ0) is 39.8. The summed E-state index contributed by atoms with van der Waals surface area (Å²) in [4.78, 5) is 24.5. The molecule has 10 rings (SSSR count). The van der Waals surface area contributed by atoms with E-state index >= 15 is 0 Å². The third-order valence-corrected chi connectivity index (χ3v) is 21.6. The van der Waals surface area contributed by atoms with E-state index in [2.05, 4.69) is 34.6 Å². The van der Waals surface area contributed by atoms with Crippen LogP contribution in [-0.2, 0) is 9.59 Å². The zero-order valence-corrected chi connectivity index (χ0v) is 36.8. The number of Topliss-reactive ketones (excluding diaryl/α,β-unsaturated/α-hetero) is 2. The van der Waals surface area contributed by atoms with Gasteiger partial charge in [0.2, 0.25) is 0 Å². The van der Waals surface area contributed by atoms with Crippen LogP contribution in [0.4, 0.5) is 0 Å². The summed E-state index contributed by atoms with van der Waals surface area (Å²) in [6, 6.07) is 0. The third kappa shape index (κ3) is 7.08. The van der Waals surface area contributed by atoms with Gasteiger partial charge in [-0.2, -0.15) is 0 Å². The predicted octanol–water partition coefficient (Wildman–Crippen LogP) is 11.3. The maximum Gasteiger partial charge on any atom is 0.139 e. The smallest absolute Gasteiger partial charge is 0.139 e. The van der Waals surface area contributed by atoms with Crippen molar-refractivity contribution in [2.75, 3.05) is 0 Å². The molecule has 0 spiro atoms. The second-order valence-corrected chi connectivity index (χ2v) is 23.9. The Morgan fingerprint density at radius 1 is 0.500 bits per heavy atom. The summed E-state index contributed by atoms with van der Waals surface area (Å²) in [5.74, 6) is 8.33. The number of aliphatic hydroxyl groups excluding tert-OH is 3. The molecular formula is C51H84O5. The van der Waals surface area contributed by atoms with Crippen LogP contribution in [0.25, 0.3) is 0 Å². The van der Waals surface area contributed by atoms with E-state index in [1.165, 1.54) is 96.3 Å². The van der Waals surface area contributed by atoms with Gasteiger partial charge in [-0.25, -0.2) is 0 Å². The van der Waals surface area contributed by atoms with Crippen LogP contribution in [-0.4, -0.2) is 45.2 Å². The minimum absolute atomic E-state index is 0.0124. The number of rotatable bonds is 1. The van der Waals surface area contributed by atoms with Crippen molar-refractivity contribution in [3.63, 3.8) is 0 Å². The average Bonchev–Trinajstić information content (AvgIpc) is 3.68. The molecule has 10 saturated carbocycles. The van der Waals surface area contributed by atoms with E-state index in [0.717, 1.165) is 112 Å². The second-order valence-electron chi connectivity index (χ2n) is 23.9. The molecule has 3 N–H and O–H groups in total. The Bertz CT molecular complexity index is 1440. The summed E-state index contributed by atoms with van der Waals surface area (Å²) in [6.45, 7) is 14.0. The highest BCUT2D eigenvalue weighted by Crippen LogP contribution is 2.68. The van der Waals surface area contributed by atoms with Gasteiger partial charge in [0, 0.05) is 17.8 Å². The van der Waals surface area contributed by atoms with Gasteiger partial charge in [-0.15, -0.1) is 0 Å². The van der Waals surface area contributed by atoms with Crippen molar-refractivity contribution in [1.82, 2.24) is 0 Å². The summed E-state index contributed by atoms with van der Waals surface area (Å²) in [5, 5.41) is 29.7. The highest BCUT2D eigenvalue weighted by Gasteiger charge is 2.62. The number of aliphatic hydroxyl groups is 3.